The molecule has 0 aromatic heterocycles. The molecule has 0 saturated carbocycles. The van der Waals surface area contributed by atoms with Gasteiger partial charge in [0.15, 0.2) is 15.9 Å². The largest absolute Gasteiger partial charge is 0.488 e. The number of carbonyl (C=O) groups excluding carboxylic acids is 1. The highest BCUT2D eigenvalue weighted by atomic mass is 32.2. The standard InChI is InChI=1S/C24H24FN3O7S/c1-36(32,33)17-3-4-18-15(8-17)13-35-21-9-14(20(25)10-19(18)21)7-16(11-26)27-23(29)22-12-28(24(30)31)5-2-6-34-22/h3-4,8-10,16,22H,2,5-7,12-13H2,1H3,(H,27,29)(H,30,31)/t16?,22-/m0/s1. The number of nitrogens with one attached hydrogen (secondary N) is 1. The number of halogens is 1. The highest BCUT2D eigenvalue weighted by Gasteiger charge is 2.29. The van der Waals surface area contributed by atoms with Crippen molar-refractivity contribution in [1.29, 1.82) is 5.26 Å². The smallest absolute Gasteiger partial charge is 0.407 e. The van der Waals surface area contributed by atoms with Crippen molar-refractivity contribution in [3.8, 4) is 22.9 Å². The average Bonchev–Trinajstić information content (AvgIpc) is 3.10. The van der Waals surface area contributed by atoms with Crippen molar-refractivity contribution in [2.24, 2.45) is 0 Å². The molecule has 36 heavy (non-hydrogen) atoms. The maximum atomic E-state index is 15.1. The summed E-state index contributed by atoms with van der Waals surface area (Å²) >= 11 is 0. The van der Waals surface area contributed by atoms with E-state index in [4.69, 9.17) is 9.47 Å². The van der Waals surface area contributed by atoms with Crippen LogP contribution in [0, 0.1) is 17.1 Å². The van der Waals surface area contributed by atoms with Gasteiger partial charge in [0.1, 0.15) is 24.2 Å². The lowest BCUT2D eigenvalue weighted by Crippen LogP contribution is -2.47. The third-order valence-electron chi connectivity index (χ3n) is 6.06. The van der Waals surface area contributed by atoms with Gasteiger partial charge in [-0.3, -0.25) is 4.79 Å². The van der Waals surface area contributed by atoms with Gasteiger partial charge in [-0.05, 0) is 47.4 Å². The van der Waals surface area contributed by atoms with Crippen LogP contribution < -0.4 is 10.1 Å². The molecule has 4 rings (SSSR count). The van der Waals surface area contributed by atoms with Crippen LogP contribution in [0.4, 0.5) is 9.18 Å². The molecule has 2 amide bonds. The van der Waals surface area contributed by atoms with Crippen LogP contribution in [0.3, 0.4) is 0 Å². The normalized spacial score (nSPS) is 18.0. The van der Waals surface area contributed by atoms with Crippen LogP contribution in [-0.4, -0.2) is 68.5 Å². The monoisotopic (exact) mass is 517 g/mol. The number of fused-ring (bicyclic) bond motifs is 3. The van der Waals surface area contributed by atoms with E-state index >= 15 is 4.39 Å². The fraction of sp³-hybridized carbons (Fsp3) is 0.375. The molecule has 1 fully saturated rings. The zero-order valence-corrected chi connectivity index (χ0v) is 20.2. The molecule has 0 radical (unpaired) electrons. The lowest BCUT2D eigenvalue weighted by Gasteiger charge is -2.24. The molecule has 0 aliphatic carbocycles. The Labute approximate surface area is 207 Å². The number of rotatable bonds is 5. The molecule has 2 aromatic rings. The van der Waals surface area contributed by atoms with Gasteiger partial charge in [0.2, 0.25) is 0 Å². The van der Waals surface area contributed by atoms with Crippen molar-refractivity contribution in [3.63, 3.8) is 0 Å². The second-order valence-electron chi connectivity index (χ2n) is 8.66. The van der Waals surface area contributed by atoms with Crippen molar-refractivity contribution in [3.05, 3.63) is 47.3 Å². The SMILES string of the molecule is CS(=O)(=O)c1ccc2c(c1)COc1cc(CC(C#N)NC(=O)[C@@H]3CN(C(=O)O)CCCO3)c(F)cc1-2. The molecular weight excluding hydrogens is 493 g/mol. The van der Waals surface area contributed by atoms with Gasteiger partial charge in [0.05, 0.1) is 17.5 Å². The van der Waals surface area contributed by atoms with Crippen LogP contribution in [0.5, 0.6) is 5.75 Å². The first-order chi connectivity index (χ1) is 17.1. The number of sulfone groups is 1. The second-order valence-corrected chi connectivity index (χ2v) is 10.7. The van der Waals surface area contributed by atoms with E-state index < -0.39 is 39.8 Å². The molecule has 10 nitrogen and oxygen atoms in total. The number of benzene rings is 2. The molecule has 190 valence electrons. The summed E-state index contributed by atoms with van der Waals surface area (Å²) in [5.74, 6) is -0.896. The van der Waals surface area contributed by atoms with Gasteiger partial charge in [0, 0.05) is 31.4 Å². The molecule has 1 saturated heterocycles. The lowest BCUT2D eigenvalue weighted by molar-refractivity contribution is -0.133. The molecule has 2 heterocycles. The Bertz CT molecular complexity index is 1360. The van der Waals surface area contributed by atoms with E-state index in [2.05, 4.69) is 5.32 Å². The summed E-state index contributed by atoms with van der Waals surface area (Å²) < 4.78 is 49.9. The number of amides is 2. The minimum absolute atomic E-state index is 0.0915. The Balaban J connectivity index is 1.51. The Hall–Kier alpha value is -3.69. The van der Waals surface area contributed by atoms with Crippen LogP contribution in [0.1, 0.15) is 17.5 Å². The Morgan fingerprint density at radius 3 is 2.78 bits per heavy atom. The molecule has 0 spiro atoms. The fourth-order valence-electron chi connectivity index (χ4n) is 4.19. The van der Waals surface area contributed by atoms with Crippen molar-refractivity contribution in [2.75, 3.05) is 26.0 Å². The topological polar surface area (TPSA) is 146 Å². The van der Waals surface area contributed by atoms with Gasteiger partial charge in [-0.15, -0.1) is 0 Å². The first kappa shape index (κ1) is 25.4. The van der Waals surface area contributed by atoms with E-state index in [0.717, 1.165) is 11.2 Å². The predicted molar refractivity (Wildman–Crippen MR) is 124 cm³/mol. The molecule has 2 aliphatic rings. The highest BCUT2D eigenvalue weighted by molar-refractivity contribution is 7.90. The van der Waals surface area contributed by atoms with Crippen LogP contribution in [0.15, 0.2) is 35.2 Å². The number of hydrogen-bond donors (Lipinski definition) is 2. The first-order valence-electron chi connectivity index (χ1n) is 11.1. The summed E-state index contributed by atoms with van der Waals surface area (Å²) in [4.78, 5) is 25.2. The minimum atomic E-state index is -3.41. The van der Waals surface area contributed by atoms with Crippen molar-refractivity contribution >= 4 is 21.8 Å². The van der Waals surface area contributed by atoms with E-state index in [0.29, 0.717) is 28.9 Å². The summed E-state index contributed by atoms with van der Waals surface area (Å²) in [6.45, 7) is 0.359. The minimum Gasteiger partial charge on any atom is -0.488 e. The number of hydrogen-bond acceptors (Lipinski definition) is 7. The third-order valence-corrected chi connectivity index (χ3v) is 7.17. The fourth-order valence-corrected chi connectivity index (χ4v) is 4.86. The molecule has 12 heteroatoms. The lowest BCUT2D eigenvalue weighted by atomic mass is 9.94. The van der Waals surface area contributed by atoms with Crippen molar-refractivity contribution < 1.29 is 37.0 Å². The first-order valence-corrected chi connectivity index (χ1v) is 13.0. The van der Waals surface area contributed by atoms with Gasteiger partial charge in [-0.1, -0.05) is 6.07 Å². The zero-order chi connectivity index (χ0) is 26.0. The molecular formula is C24H24FN3O7S. The zero-order valence-electron chi connectivity index (χ0n) is 19.4. The average molecular weight is 518 g/mol. The highest BCUT2D eigenvalue weighted by Crippen LogP contribution is 2.40. The summed E-state index contributed by atoms with van der Waals surface area (Å²) in [7, 11) is -3.41. The number of carbonyl (C=O) groups is 2. The maximum Gasteiger partial charge on any atom is 0.407 e. The molecule has 2 aliphatic heterocycles. The van der Waals surface area contributed by atoms with Crippen molar-refractivity contribution in [2.45, 2.75) is 36.5 Å². The Morgan fingerprint density at radius 2 is 2.08 bits per heavy atom. The van der Waals surface area contributed by atoms with Crippen LogP contribution in [0.25, 0.3) is 11.1 Å². The second kappa shape index (κ2) is 10.1. The number of nitrogens with zero attached hydrogens (tertiary/aromatic N) is 2. The molecule has 2 atom stereocenters. The predicted octanol–water partition coefficient (Wildman–Crippen LogP) is 2.11. The van der Waals surface area contributed by atoms with Crippen LogP contribution in [0.2, 0.25) is 0 Å². The summed E-state index contributed by atoms with van der Waals surface area (Å²) in [6.07, 6.45) is -0.853. The van der Waals surface area contributed by atoms with Crippen LogP contribution in [-0.2, 0) is 32.4 Å². The van der Waals surface area contributed by atoms with Crippen LogP contribution >= 0.6 is 0 Å². The molecule has 2 aromatic carbocycles. The molecule has 1 unspecified atom stereocenters. The summed E-state index contributed by atoms with van der Waals surface area (Å²) in [5, 5.41) is 21.3. The van der Waals surface area contributed by atoms with Crippen molar-refractivity contribution in [1.82, 2.24) is 10.2 Å². The summed E-state index contributed by atoms with van der Waals surface area (Å²) in [5.41, 5.74) is 1.85. The summed E-state index contributed by atoms with van der Waals surface area (Å²) in [6, 6.07) is 8.13. The van der Waals surface area contributed by atoms with E-state index in [-0.39, 0.29) is 43.2 Å². The van der Waals surface area contributed by atoms with E-state index in [1.54, 1.807) is 6.07 Å². The van der Waals surface area contributed by atoms with E-state index in [1.807, 2.05) is 6.07 Å². The Morgan fingerprint density at radius 1 is 1.31 bits per heavy atom. The maximum absolute atomic E-state index is 15.1. The number of carboxylic acid groups (broad SMARTS) is 1. The molecule has 2 N–H and O–H groups in total. The van der Waals surface area contributed by atoms with Gasteiger partial charge in [0.25, 0.3) is 5.91 Å². The van der Waals surface area contributed by atoms with Gasteiger partial charge < -0.3 is 24.8 Å². The van der Waals surface area contributed by atoms with Gasteiger partial charge in [-0.2, -0.15) is 5.26 Å². The van der Waals surface area contributed by atoms with E-state index in [9.17, 15) is 28.4 Å². The number of nitriles is 1. The quantitative estimate of drug-likeness (QED) is 0.613. The third kappa shape index (κ3) is 5.42. The van der Waals surface area contributed by atoms with E-state index in [1.165, 1.54) is 24.3 Å². The molecule has 0 bridgehead atoms. The van der Waals surface area contributed by atoms with Gasteiger partial charge >= 0.3 is 6.09 Å². The van der Waals surface area contributed by atoms with Gasteiger partial charge in [-0.25, -0.2) is 17.6 Å². The number of ether oxygens (including phenoxy) is 2. The Kier molecular flexibility index (Phi) is 7.14.